The second-order valence-electron chi connectivity index (χ2n) is 3.88. The van der Waals surface area contributed by atoms with Gasteiger partial charge in [0.15, 0.2) is 0 Å². The van der Waals surface area contributed by atoms with Gasteiger partial charge in [0.2, 0.25) is 0 Å². The molecular weight excluding hydrogens is 190 g/mol. The molecule has 0 unspecified atom stereocenters. The van der Waals surface area contributed by atoms with E-state index in [4.69, 9.17) is 4.74 Å². The van der Waals surface area contributed by atoms with Crippen molar-refractivity contribution in [1.82, 2.24) is 4.90 Å². The van der Waals surface area contributed by atoms with Gasteiger partial charge in [-0.25, -0.2) is 4.79 Å². The third kappa shape index (κ3) is 2.02. The minimum atomic E-state index is -0.227. The Kier molecular flexibility index (Phi) is 2.73. The Balaban J connectivity index is 2.23. The van der Waals surface area contributed by atoms with Crippen LogP contribution in [-0.4, -0.2) is 24.5 Å². The first-order valence-electron chi connectivity index (χ1n) is 5.18. The molecule has 1 heterocycles. The van der Waals surface area contributed by atoms with Gasteiger partial charge in [0.25, 0.3) is 0 Å². The van der Waals surface area contributed by atoms with Crippen LogP contribution in [0.25, 0.3) is 0 Å². The predicted octanol–water partition coefficient (Wildman–Crippen LogP) is 1.81. The normalized spacial score (nSPS) is 15.1. The van der Waals surface area contributed by atoms with E-state index in [1.807, 2.05) is 25.1 Å². The Morgan fingerprint density at radius 1 is 1.40 bits per heavy atom. The summed E-state index contributed by atoms with van der Waals surface area (Å²) in [5.74, 6) is -0.227. The van der Waals surface area contributed by atoms with Crippen molar-refractivity contribution in [3.63, 3.8) is 0 Å². The molecule has 0 radical (unpaired) electrons. The number of rotatable bonds is 2. The zero-order valence-corrected chi connectivity index (χ0v) is 9.12. The van der Waals surface area contributed by atoms with Crippen LogP contribution in [0.1, 0.15) is 28.4 Å². The Morgan fingerprint density at radius 3 is 2.87 bits per heavy atom. The van der Waals surface area contributed by atoms with Gasteiger partial charge >= 0.3 is 5.97 Å². The molecule has 0 aliphatic carbocycles. The number of nitrogens with zero attached hydrogens (tertiary/aromatic N) is 1. The zero-order chi connectivity index (χ0) is 10.8. The number of esters is 1. The molecule has 1 aromatic rings. The molecular formula is C12H15NO2. The molecule has 0 spiro atoms. The first-order valence-corrected chi connectivity index (χ1v) is 5.18. The van der Waals surface area contributed by atoms with Crippen LogP contribution in [0.4, 0.5) is 0 Å². The Labute approximate surface area is 89.7 Å². The van der Waals surface area contributed by atoms with Crippen LogP contribution in [0.15, 0.2) is 18.2 Å². The summed E-state index contributed by atoms with van der Waals surface area (Å²) < 4.78 is 4.96. The van der Waals surface area contributed by atoms with Crippen molar-refractivity contribution < 1.29 is 9.53 Å². The maximum atomic E-state index is 11.5. The Bertz CT molecular complexity index is 387. The highest BCUT2D eigenvalue weighted by Gasteiger charge is 2.17. The summed E-state index contributed by atoms with van der Waals surface area (Å²) in [6.07, 6.45) is 0. The first kappa shape index (κ1) is 10.2. The van der Waals surface area contributed by atoms with E-state index in [9.17, 15) is 4.79 Å². The summed E-state index contributed by atoms with van der Waals surface area (Å²) in [5.41, 5.74) is 3.21. The van der Waals surface area contributed by atoms with E-state index < -0.39 is 0 Å². The van der Waals surface area contributed by atoms with Crippen molar-refractivity contribution in [2.24, 2.45) is 0 Å². The van der Waals surface area contributed by atoms with Crippen LogP contribution in [0.2, 0.25) is 0 Å². The summed E-state index contributed by atoms with van der Waals surface area (Å²) in [6.45, 7) is 4.13. The lowest BCUT2D eigenvalue weighted by Gasteiger charge is -2.03. The van der Waals surface area contributed by atoms with E-state index in [1.54, 1.807) is 0 Å². The standard InChI is InChI=1S/C12H15NO2/c1-3-15-12(14)9-4-5-10-7-13(2)8-11(10)6-9/h4-6H,3,7-8H2,1-2H3. The molecule has 1 aromatic carbocycles. The van der Waals surface area contributed by atoms with Crippen LogP contribution >= 0.6 is 0 Å². The van der Waals surface area contributed by atoms with Crippen molar-refractivity contribution in [2.75, 3.05) is 13.7 Å². The molecule has 1 aliphatic rings. The fourth-order valence-corrected chi connectivity index (χ4v) is 1.91. The van der Waals surface area contributed by atoms with E-state index in [-0.39, 0.29) is 5.97 Å². The fraction of sp³-hybridized carbons (Fsp3) is 0.417. The van der Waals surface area contributed by atoms with E-state index in [0.29, 0.717) is 12.2 Å². The fourth-order valence-electron chi connectivity index (χ4n) is 1.91. The van der Waals surface area contributed by atoms with Crippen molar-refractivity contribution in [3.05, 3.63) is 34.9 Å². The van der Waals surface area contributed by atoms with Gasteiger partial charge in [0, 0.05) is 13.1 Å². The van der Waals surface area contributed by atoms with Gasteiger partial charge in [-0.05, 0) is 37.2 Å². The third-order valence-corrected chi connectivity index (χ3v) is 2.60. The average Bonchev–Trinajstić information content (AvgIpc) is 2.57. The molecule has 2 rings (SSSR count). The number of carbonyl (C=O) groups excluding carboxylic acids is 1. The second kappa shape index (κ2) is 4.03. The topological polar surface area (TPSA) is 29.5 Å². The van der Waals surface area contributed by atoms with Gasteiger partial charge in [0.1, 0.15) is 0 Å². The maximum Gasteiger partial charge on any atom is 0.338 e. The largest absolute Gasteiger partial charge is 0.462 e. The second-order valence-corrected chi connectivity index (χ2v) is 3.88. The third-order valence-electron chi connectivity index (χ3n) is 2.60. The maximum absolute atomic E-state index is 11.5. The summed E-state index contributed by atoms with van der Waals surface area (Å²) in [5, 5.41) is 0. The lowest BCUT2D eigenvalue weighted by atomic mass is 10.1. The molecule has 0 aromatic heterocycles. The van der Waals surface area contributed by atoms with Crippen LogP contribution < -0.4 is 0 Å². The molecule has 0 bridgehead atoms. The summed E-state index contributed by atoms with van der Waals surface area (Å²) in [7, 11) is 2.07. The van der Waals surface area contributed by atoms with Crippen molar-refractivity contribution in [3.8, 4) is 0 Å². The molecule has 0 fully saturated rings. The van der Waals surface area contributed by atoms with E-state index in [1.165, 1.54) is 11.1 Å². The minimum Gasteiger partial charge on any atom is -0.462 e. The van der Waals surface area contributed by atoms with Crippen molar-refractivity contribution >= 4 is 5.97 Å². The molecule has 3 heteroatoms. The highest BCUT2D eigenvalue weighted by molar-refractivity contribution is 5.89. The summed E-state index contributed by atoms with van der Waals surface area (Å²) >= 11 is 0. The van der Waals surface area contributed by atoms with Crippen LogP contribution in [0.3, 0.4) is 0 Å². The molecule has 80 valence electrons. The van der Waals surface area contributed by atoms with Gasteiger partial charge in [-0.3, -0.25) is 4.90 Å². The minimum absolute atomic E-state index is 0.227. The summed E-state index contributed by atoms with van der Waals surface area (Å²) in [4.78, 5) is 13.7. The molecule has 1 aliphatic heterocycles. The van der Waals surface area contributed by atoms with Crippen molar-refractivity contribution in [1.29, 1.82) is 0 Å². The number of benzene rings is 1. The van der Waals surface area contributed by atoms with E-state index in [0.717, 1.165) is 13.1 Å². The number of hydrogen-bond acceptors (Lipinski definition) is 3. The zero-order valence-electron chi connectivity index (χ0n) is 9.12. The first-order chi connectivity index (χ1) is 7.20. The average molecular weight is 205 g/mol. The lowest BCUT2D eigenvalue weighted by Crippen LogP contribution is -2.07. The Hall–Kier alpha value is -1.35. The summed E-state index contributed by atoms with van der Waals surface area (Å²) in [6, 6.07) is 5.80. The SMILES string of the molecule is CCOC(=O)c1ccc2c(c1)CN(C)C2. The van der Waals surface area contributed by atoms with Gasteiger partial charge in [0.05, 0.1) is 12.2 Å². The molecule has 0 amide bonds. The van der Waals surface area contributed by atoms with Gasteiger partial charge in [-0.1, -0.05) is 6.07 Å². The van der Waals surface area contributed by atoms with Crippen molar-refractivity contribution in [2.45, 2.75) is 20.0 Å². The van der Waals surface area contributed by atoms with Crippen LogP contribution in [-0.2, 0) is 17.8 Å². The number of fused-ring (bicyclic) bond motifs is 1. The number of ether oxygens (including phenoxy) is 1. The van der Waals surface area contributed by atoms with E-state index >= 15 is 0 Å². The molecule has 0 N–H and O–H groups in total. The highest BCUT2D eigenvalue weighted by atomic mass is 16.5. The monoisotopic (exact) mass is 205 g/mol. The van der Waals surface area contributed by atoms with Gasteiger partial charge in [-0.15, -0.1) is 0 Å². The molecule has 15 heavy (non-hydrogen) atoms. The number of hydrogen-bond donors (Lipinski definition) is 0. The van der Waals surface area contributed by atoms with Gasteiger partial charge < -0.3 is 4.74 Å². The predicted molar refractivity (Wildman–Crippen MR) is 57.6 cm³/mol. The van der Waals surface area contributed by atoms with E-state index in [2.05, 4.69) is 11.9 Å². The molecule has 3 nitrogen and oxygen atoms in total. The van der Waals surface area contributed by atoms with Crippen LogP contribution in [0.5, 0.6) is 0 Å². The highest BCUT2D eigenvalue weighted by Crippen LogP contribution is 2.22. The van der Waals surface area contributed by atoms with Gasteiger partial charge in [-0.2, -0.15) is 0 Å². The quantitative estimate of drug-likeness (QED) is 0.690. The van der Waals surface area contributed by atoms with Crippen LogP contribution in [0, 0.1) is 0 Å². The number of carbonyl (C=O) groups is 1. The Morgan fingerprint density at radius 2 is 2.13 bits per heavy atom. The molecule has 0 atom stereocenters. The smallest absolute Gasteiger partial charge is 0.338 e. The lowest BCUT2D eigenvalue weighted by molar-refractivity contribution is 0.0526. The molecule has 0 saturated heterocycles. The molecule has 0 saturated carbocycles.